The van der Waals surface area contributed by atoms with E-state index in [0.717, 1.165) is 50.8 Å². The SMILES string of the molecule is CC(=O)N1CCc2cc(Br)c(S(=O)NCc3ccccc3)cc21.CC(=O)N1CCc2cc(Br)c(SNC3CCCC3)cc21. The fourth-order valence-corrected chi connectivity index (χ4v) is 8.89. The number of rotatable bonds is 7. The minimum Gasteiger partial charge on any atom is -0.312 e. The van der Waals surface area contributed by atoms with Crippen molar-refractivity contribution in [3.05, 3.63) is 80.2 Å². The third kappa shape index (κ3) is 7.99. The van der Waals surface area contributed by atoms with Gasteiger partial charge in [-0.3, -0.25) is 14.3 Å². The lowest BCUT2D eigenvalue weighted by Gasteiger charge is -2.17. The molecule has 3 aromatic carbocycles. The maximum atomic E-state index is 12.6. The van der Waals surface area contributed by atoms with E-state index in [-0.39, 0.29) is 11.8 Å². The van der Waals surface area contributed by atoms with Crippen LogP contribution in [-0.4, -0.2) is 35.2 Å². The highest BCUT2D eigenvalue weighted by atomic mass is 79.9. The van der Waals surface area contributed by atoms with E-state index in [9.17, 15) is 13.8 Å². The molecule has 1 atom stereocenters. The van der Waals surface area contributed by atoms with Gasteiger partial charge in [-0.25, -0.2) is 8.93 Å². The highest BCUT2D eigenvalue weighted by Crippen LogP contribution is 2.38. The molecule has 6 rings (SSSR count). The Bertz CT molecular complexity index is 1520. The zero-order chi connectivity index (χ0) is 30.5. The highest BCUT2D eigenvalue weighted by Gasteiger charge is 2.26. The van der Waals surface area contributed by atoms with Crippen molar-refractivity contribution in [1.29, 1.82) is 0 Å². The first kappa shape index (κ1) is 32.4. The lowest BCUT2D eigenvalue weighted by Crippen LogP contribution is -2.26. The van der Waals surface area contributed by atoms with Gasteiger partial charge in [-0.15, -0.1) is 0 Å². The van der Waals surface area contributed by atoms with E-state index in [4.69, 9.17) is 0 Å². The summed E-state index contributed by atoms with van der Waals surface area (Å²) in [7, 11) is -1.35. The molecule has 2 heterocycles. The van der Waals surface area contributed by atoms with Crippen molar-refractivity contribution in [2.24, 2.45) is 0 Å². The Morgan fingerprint density at radius 3 is 2.07 bits per heavy atom. The minimum absolute atomic E-state index is 0.0139. The van der Waals surface area contributed by atoms with E-state index in [2.05, 4.69) is 53.4 Å². The van der Waals surface area contributed by atoms with Crippen LogP contribution in [0.15, 0.2) is 73.3 Å². The largest absolute Gasteiger partial charge is 0.312 e. The normalized spacial score (nSPS) is 16.5. The molecule has 2 aliphatic heterocycles. The molecule has 0 bridgehead atoms. The van der Waals surface area contributed by atoms with Gasteiger partial charge in [-0.05, 0) is 110 Å². The van der Waals surface area contributed by atoms with Crippen molar-refractivity contribution in [2.45, 2.75) is 74.7 Å². The highest BCUT2D eigenvalue weighted by molar-refractivity contribution is 9.10. The lowest BCUT2D eigenvalue weighted by atomic mass is 10.2. The van der Waals surface area contributed by atoms with Crippen LogP contribution in [0.2, 0.25) is 0 Å². The van der Waals surface area contributed by atoms with Crippen LogP contribution in [0.5, 0.6) is 0 Å². The van der Waals surface area contributed by atoms with Crippen LogP contribution in [0.1, 0.15) is 56.2 Å². The molecule has 2 amide bonds. The number of hydrogen-bond donors (Lipinski definition) is 2. The summed E-state index contributed by atoms with van der Waals surface area (Å²) in [5.41, 5.74) is 5.39. The molecule has 0 radical (unpaired) electrons. The van der Waals surface area contributed by atoms with E-state index < -0.39 is 11.0 Å². The summed E-state index contributed by atoms with van der Waals surface area (Å²) in [6.07, 6.45) is 7.00. The topological polar surface area (TPSA) is 81.8 Å². The molecule has 3 aliphatic rings. The average Bonchev–Trinajstić information content (AvgIpc) is 3.75. The van der Waals surface area contributed by atoms with Gasteiger partial charge >= 0.3 is 0 Å². The van der Waals surface area contributed by atoms with Crippen molar-refractivity contribution in [2.75, 3.05) is 22.9 Å². The number of nitrogens with zero attached hydrogens (tertiary/aromatic N) is 2. The van der Waals surface area contributed by atoms with Crippen LogP contribution in [0.4, 0.5) is 11.4 Å². The molecule has 1 aliphatic carbocycles. The summed E-state index contributed by atoms with van der Waals surface area (Å²) in [4.78, 5) is 28.8. The Morgan fingerprint density at radius 1 is 0.884 bits per heavy atom. The molecular weight excluding hydrogens is 712 g/mol. The van der Waals surface area contributed by atoms with Crippen molar-refractivity contribution in [3.63, 3.8) is 0 Å². The van der Waals surface area contributed by atoms with Crippen LogP contribution < -0.4 is 19.2 Å². The summed E-state index contributed by atoms with van der Waals surface area (Å²) in [6, 6.07) is 18.6. The number of carbonyl (C=O) groups is 2. The third-order valence-electron chi connectivity index (χ3n) is 7.96. The number of amides is 2. The summed E-state index contributed by atoms with van der Waals surface area (Å²) < 4.78 is 21.1. The molecule has 1 fully saturated rings. The van der Waals surface area contributed by atoms with E-state index in [0.29, 0.717) is 24.0 Å². The molecule has 11 heteroatoms. The summed E-state index contributed by atoms with van der Waals surface area (Å²) in [5, 5.41) is 0. The van der Waals surface area contributed by atoms with Crippen LogP contribution in [0, 0.1) is 0 Å². The van der Waals surface area contributed by atoms with Crippen LogP contribution >= 0.6 is 43.8 Å². The fourth-order valence-electron chi connectivity index (χ4n) is 5.66. The predicted molar refractivity (Wildman–Crippen MR) is 183 cm³/mol. The second-order valence-electron chi connectivity index (χ2n) is 10.9. The standard InChI is InChI=1S/C17H17BrN2O2S.C15H19BrN2OS/c1-12(21)20-8-7-14-9-15(18)17(10-16(14)20)23(22)19-11-13-5-3-2-4-6-13;1-10(19)18-7-6-11-8-13(16)15(9-14(11)18)20-17-12-4-2-3-5-12/h2-6,9-10,19H,7-8,11H2,1H3;8-9,12,17H,2-7H2,1H3. The van der Waals surface area contributed by atoms with Crippen LogP contribution in [0.3, 0.4) is 0 Å². The lowest BCUT2D eigenvalue weighted by molar-refractivity contribution is -0.117. The Hall–Kier alpha value is -2.02. The third-order valence-corrected chi connectivity index (χ3v) is 11.9. The number of halogens is 2. The molecule has 3 aromatic rings. The first-order valence-electron chi connectivity index (χ1n) is 14.5. The van der Waals surface area contributed by atoms with Gasteiger partial charge in [0.15, 0.2) is 0 Å². The van der Waals surface area contributed by atoms with Gasteiger partial charge in [-0.2, -0.15) is 0 Å². The molecule has 2 N–H and O–H groups in total. The molecule has 228 valence electrons. The molecule has 0 aromatic heterocycles. The summed E-state index contributed by atoms with van der Waals surface area (Å²) in [5.74, 6) is 0.144. The maximum absolute atomic E-state index is 12.6. The second-order valence-corrected chi connectivity index (χ2v) is 14.8. The van der Waals surface area contributed by atoms with Gasteiger partial charge in [0.25, 0.3) is 0 Å². The zero-order valence-corrected chi connectivity index (χ0v) is 29.1. The second kappa shape index (κ2) is 14.8. The van der Waals surface area contributed by atoms with Gasteiger partial charge in [0.2, 0.25) is 11.8 Å². The molecule has 0 spiro atoms. The van der Waals surface area contributed by atoms with Gasteiger partial charge < -0.3 is 9.80 Å². The van der Waals surface area contributed by atoms with Crippen LogP contribution in [-0.2, 0) is 40.0 Å². The first-order chi connectivity index (χ1) is 20.7. The number of benzene rings is 3. The van der Waals surface area contributed by atoms with E-state index >= 15 is 0 Å². The van der Waals surface area contributed by atoms with Crippen molar-refractivity contribution < 1.29 is 13.8 Å². The quantitative estimate of drug-likeness (QED) is 0.253. The summed E-state index contributed by atoms with van der Waals surface area (Å²) in [6.45, 7) is 5.21. The average molecular weight is 749 g/mol. The summed E-state index contributed by atoms with van der Waals surface area (Å²) >= 11 is 8.84. The number of fused-ring (bicyclic) bond motifs is 2. The molecule has 1 unspecified atom stereocenters. The Morgan fingerprint density at radius 2 is 1.47 bits per heavy atom. The van der Waals surface area contributed by atoms with Crippen LogP contribution in [0.25, 0.3) is 0 Å². The van der Waals surface area contributed by atoms with E-state index in [1.165, 1.54) is 36.1 Å². The first-order valence-corrected chi connectivity index (χ1v) is 18.1. The maximum Gasteiger partial charge on any atom is 0.223 e. The fraction of sp³-hybridized carbons (Fsp3) is 0.375. The van der Waals surface area contributed by atoms with Crippen molar-refractivity contribution >= 4 is 78.0 Å². The monoisotopic (exact) mass is 746 g/mol. The van der Waals surface area contributed by atoms with E-state index in [1.807, 2.05) is 47.4 Å². The van der Waals surface area contributed by atoms with Gasteiger partial charge in [0, 0.05) is 64.7 Å². The Balaban J connectivity index is 0.000000173. The van der Waals surface area contributed by atoms with E-state index in [1.54, 1.807) is 30.7 Å². The molecular formula is C32H36Br2N4O3S2. The number of carbonyl (C=O) groups excluding carboxylic acids is 2. The Labute approximate surface area is 277 Å². The predicted octanol–water partition coefficient (Wildman–Crippen LogP) is 7.07. The van der Waals surface area contributed by atoms with Crippen molar-refractivity contribution in [1.82, 2.24) is 9.44 Å². The van der Waals surface area contributed by atoms with Gasteiger partial charge in [0.1, 0.15) is 11.0 Å². The Kier molecular flexibility index (Phi) is 11.2. The molecule has 7 nitrogen and oxygen atoms in total. The van der Waals surface area contributed by atoms with Gasteiger partial charge in [-0.1, -0.05) is 43.2 Å². The van der Waals surface area contributed by atoms with Crippen molar-refractivity contribution in [3.8, 4) is 0 Å². The smallest absolute Gasteiger partial charge is 0.223 e. The number of nitrogens with one attached hydrogen (secondary N) is 2. The molecule has 43 heavy (non-hydrogen) atoms. The minimum atomic E-state index is -1.35. The molecule has 0 saturated heterocycles. The number of hydrogen-bond acceptors (Lipinski definition) is 5. The van der Waals surface area contributed by atoms with Gasteiger partial charge in [0.05, 0.1) is 4.90 Å². The molecule has 1 saturated carbocycles. The number of anilines is 2. The zero-order valence-electron chi connectivity index (χ0n) is 24.3.